The molecule has 1 atom stereocenters. The van der Waals surface area contributed by atoms with E-state index in [1.807, 2.05) is 0 Å². The molecule has 0 saturated carbocycles. The van der Waals surface area contributed by atoms with E-state index in [2.05, 4.69) is 15.0 Å². The van der Waals surface area contributed by atoms with E-state index in [4.69, 9.17) is 0 Å². The lowest BCUT2D eigenvalue weighted by Crippen LogP contribution is -2.23. The van der Waals surface area contributed by atoms with Gasteiger partial charge in [-0.05, 0) is 4.92 Å². The Morgan fingerprint density at radius 3 is 3.00 bits per heavy atom. The van der Waals surface area contributed by atoms with E-state index in [-0.39, 0.29) is 13.2 Å². The van der Waals surface area contributed by atoms with Crippen molar-refractivity contribution in [1.29, 1.82) is 0 Å². The molecule has 0 aromatic carbocycles. The molecular weight excluding hydrogens is 220 g/mol. The highest BCUT2D eigenvalue weighted by molar-refractivity contribution is 5.65. The number of esters is 1. The first-order valence-electron chi connectivity index (χ1n) is 4.35. The molecule has 1 rings (SSSR count). The SMILES string of the molecule is CC(=O)OCC(O)Cn1cc([N+](=O)[O-])nn1. The summed E-state index contributed by atoms with van der Waals surface area (Å²) in [6, 6.07) is 0. The fourth-order valence-electron chi connectivity index (χ4n) is 0.943. The summed E-state index contributed by atoms with van der Waals surface area (Å²) in [5.41, 5.74) is 0. The Morgan fingerprint density at radius 1 is 1.81 bits per heavy atom. The molecule has 0 fully saturated rings. The van der Waals surface area contributed by atoms with Crippen molar-refractivity contribution < 1.29 is 19.6 Å². The lowest BCUT2D eigenvalue weighted by atomic mass is 10.4. The van der Waals surface area contributed by atoms with E-state index < -0.39 is 22.8 Å². The largest absolute Gasteiger partial charge is 0.463 e. The zero-order valence-corrected chi connectivity index (χ0v) is 8.44. The molecule has 1 unspecified atom stereocenters. The molecule has 1 aromatic heterocycles. The summed E-state index contributed by atoms with van der Waals surface area (Å²) in [7, 11) is 0. The summed E-state index contributed by atoms with van der Waals surface area (Å²) in [5.74, 6) is -0.914. The number of hydrogen-bond acceptors (Lipinski definition) is 7. The van der Waals surface area contributed by atoms with Crippen LogP contribution in [-0.2, 0) is 16.1 Å². The van der Waals surface area contributed by atoms with Gasteiger partial charge in [-0.25, -0.2) is 4.68 Å². The third kappa shape index (κ3) is 3.61. The molecule has 16 heavy (non-hydrogen) atoms. The van der Waals surface area contributed by atoms with Gasteiger partial charge >= 0.3 is 11.8 Å². The molecule has 1 aromatic rings. The van der Waals surface area contributed by atoms with Crippen LogP contribution in [-0.4, -0.2) is 43.7 Å². The lowest BCUT2D eigenvalue weighted by Gasteiger charge is -2.08. The molecule has 1 heterocycles. The number of aromatic nitrogens is 3. The van der Waals surface area contributed by atoms with Gasteiger partial charge in [-0.2, -0.15) is 0 Å². The summed E-state index contributed by atoms with van der Waals surface area (Å²) in [6.45, 7) is 0.990. The number of ether oxygens (including phenoxy) is 1. The van der Waals surface area contributed by atoms with E-state index in [1.54, 1.807) is 0 Å². The van der Waals surface area contributed by atoms with Crippen molar-refractivity contribution in [3.63, 3.8) is 0 Å². The number of carbonyl (C=O) groups is 1. The van der Waals surface area contributed by atoms with Crippen LogP contribution in [0.4, 0.5) is 5.82 Å². The lowest BCUT2D eigenvalue weighted by molar-refractivity contribution is -0.389. The normalized spacial score (nSPS) is 12.1. The monoisotopic (exact) mass is 230 g/mol. The zero-order valence-electron chi connectivity index (χ0n) is 8.44. The van der Waals surface area contributed by atoms with Crippen molar-refractivity contribution in [2.45, 2.75) is 19.6 Å². The van der Waals surface area contributed by atoms with E-state index in [9.17, 15) is 20.0 Å². The Balaban J connectivity index is 2.46. The van der Waals surface area contributed by atoms with E-state index >= 15 is 0 Å². The van der Waals surface area contributed by atoms with Gasteiger partial charge in [0.2, 0.25) is 0 Å². The van der Waals surface area contributed by atoms with Crippen LogP contribution in [0.25, 0.3) is 0 Å². The van der Waals surface area contributed by atoms with Gasteiger partial charge in [-0.1, -0.05) is 0 Å². The van der Waals surface area contributed by atoms with E-state index in [0.717, 1.165) is 10.9 Å². The first-order chi connectivity index (χ1) is 7.49. The molecular formula is C7H10N4O5. The minimum atomic E-state index is -0.981. The van der Waals surface area contributed by atoms with Crippen molar-refractivity contribution in [2.24, 2.45) is 0 Å². The Morgan fingerprint density at radius 2 is 2.50 bits per heavy atom. The van der Waals surface area contributed by atoms with Gasteiger partial charge in [-0.15, -0.1) is 0 Å². The smallest absolute Gasteiger partial charge is 0.410 e. The van der Waals surface area contributed by atoms with Crippen molar-refractivity contribution in [1.82, 2.24) is 15.0 Å². The summed E-state index contributed by atoms with van der Waals surface area (Å²) >= 11 is 0. The van der Waals surface area contributed by atoms with E-state index in [0.29, 0.717) is 0 Å². The topological polar surface area (TPSA) is 120 Å². The third-order valence-corrected chi connectivity index (χ3v) is 1.59. The van der Waals surface area contributed by atoms with Crippen molar-refractivity contribution in [3.05, 3.63) is 16.3 Å². The van der Waals surface area contributed by atoms with Crippen LogP contribution < -0.4 is 0 Å². The predicted molar refractivity (Wildman–Crippen MR) is 49.3 cm³/mol. The molecule has 9 heteroatoms. The first kappa shape index (κ1) is 12.0. The quantitative estimate of drug-likeness (QED) is 0.395. The molecule has 0 spiro atoms. The number of rotatable bonds is 5. The summed E-state index contributed by atoms with van der Waals surface area (Å²) < 4.78 is 5.65. The predicted octanol–water partition coefficient (Wildman–Crippen LogP) is -0.890. The minimum Gasteiger partial charge on any atom is -0.463 e. The maximum Gasteiger partial charge on any atom is 0.410 e. The standard InChI is InChI=1S/C7H10N4O5/c1-5(12)16-4-6(13)2-10-3-7(8-9-10)11(14)15/h3,6,13H,2,4H2,1H3. The highest BCUT2D eigenvalue weighted by Crippen LogP contribution is 2.03. The molecule has 0 aliphatic heterocycles. The number of carbonyl (C=O) groups excluding carboxylic acids is 1. The van der Waals surface area contributed by atoms with Crippen LogP contribution in [0.5, 0.6) is 0 Å². The summed E-state index contributed by atoms with van der Waals surface area (Å²) in [6.07, 6.45) is 0.0991. The van der Waals surface area contributed by atoms with Crippen LogP contribution in [0, 0.1) is 10.1 Å². The Hall–Kier alpha value is -2.03. The molecule has 0 aliphatic rings. The maximum atomic E-state index is 10.4. The van der Waals surface area contributed by atoms with Gasteiger partial charge in [-0.3, -0.25) is 4.79 Å². The number of nitrogens with zero attached hydrogens (tertiary/aromatic N) is 4. The molecule has 88 valence electrons. The number of hydrogen-bond donors (Lipinski definition) is 1. The highest BCUT2D eigenvalue weighted by Gasteiger charge is 2.15. The molecule has 1 N–H and O–H groups in total. The highest BCUT2D eigenvalue weighted by atomic mass is 16.6. The molecule has 0 amide bonds. The van der Waals surface area contributed by atoms with Gasteiger partial charge in [0.05, 0.1) is 11.8 Å². The third-order valence-electron chi connectivity index (χ3n) is 1.59. The Labute approximate surface area is 89.8 Å². The van der Waals surface area contributed by atoms with Gasteiger partial charge in [0.25, 0.3) is 0 Å². The second-order valence-electron chi connectivity index (χ2n) is 3.01. The average Bonchev–Trinajstić information content (AvgIpc) is 2.63. The second-order valence-corrected chi connectivity index (χ2v) is 3.01. The van der Waals surface area contributed by atoms with Crippen molar-refractivity contribution >= 4 is 11.8 Å². The zero-order chi connectivity index (χ0) is 12.1. The Bertz CT molecular complexity index is 390. The van der Waals surface area contributed by atoms with Crippen molar-refractivity contribution in [2.75, 3.05) is 6.61 Å². The van der Waals surface area contributed by atoms with Crippen LogP contribution >= 0.6 is 0 Å². The summed E-state index contributed by atoms with van der Waals surface area (Å²) in [4.78, 5) is 20.0. The molecule has 0 saturated heterocycles. The van der Waals surface area contributed by atoms with Crippen molar-refractivity contribution in [3.8, 4) is 0 Å². The minimum absolute atomic E-state index is 0.0336. The average molecular weight is 230 g/mol. The van der Waals surface area contributed by atoms with Gasteiger partial charge in [0.15, 0.2) is 0 Å². The molecule has 0 radical (unpaired) electrons. The molecule has 0 aliphatic carbocycles. The van der Waals surface area contributed by atoms with E-state index in [1.165, 1.54) is 6.92 Å². The van der Waals surface area contributed by atoms with Crippen LogP contribution in [0.15, 0.2) is 6.20 Å². The van der Waals surface area contributed by atoms with Gasteiger partial charge in [0, 0.05) is 6.92 Å². The molecule has 0 bridgehead atoms. The second kappa shape index (κ2) is 5.16. The number of aliphatic hydroxyl groups excluding tert-OH is 1. The summed E-state index contributed by atoms with van der Waals surface area (Å²) in [5, 5.41) is 26.3. The van der Waals surface area contributed by atoms with Crippen LogP contribution in [0.1, 0.15) is 6.92 Å². The van der Waals surface area contributed by atoms with Gasteiger partial charge in [0.1, 0.15) is 24.0 Å². The van der Waals surface area contributed by atoms with Gasteiger partial charge < -0.3 is 20.0 Å². The number of aliphatic hydroxyl groups is 1. The molecule has 9 nitrogen and oxygen atoms in total. The van der Waals surface area contributed by atoms with Crippen LogP contribution in [0.3, 0.4) is 0 Å². The Kier molecular flexibility index (Phi) is 3.89. The van der Waals surface area contributed by atoms with Crippen LogP contribution in [0.2, 0.25) is 0 Å². The number of nitro groups is 1. The fourth-order valence-corrected chi connectivity index (χ4v) is 0.943. The first-order valence-corrected chi connectivity index (χ1v) is 4.35. The maximum absolute atomic E-state index is 10.4. The fraction of sp³-hybridized carbons (Fsp3) is 0.571.